The Morgan fingerprint density at radius 3 is 2.24 bits per heavy atom. The van der Waals surface area contributed by atoms with Gasteiger partial charge in [-0.05, 0) is 73.3 Å². The second kappa shape index (κ2) is 6.81. The van der Waals surface area contributed by atoms with E-state index in [1.54, 1.807) is 24.3 Å². The van der Waals surface area contributed by atoms with Crippen molar-refractivity contribution in [1.29, 1.82) is 0 Å². The van der Waals surface area contributed by atoms with Crippen LogP contribution in [0.25, 0.3) is 0 Å². The monoisotopic (exact) mass is 289 g/mol. The molecule has 0 heterocycles. The van der Waals surface area contributed by atoms with Crippen molar-refractivity contribution in [3.63, 3.8) is 0 Å². The number of nitrogens with one attached hydrogen (secondary N) is 1. The van der Waals surface area contributed by atoms with Crippen LogP contribution in [-0.4, -0.2) is 6.54 Å². The molecule has 2 rings (SSSR count). The van der Waals surface area contributed by atoms with Gasteiger partial charge in [0.2, 0.25) is 0 Å². The smallest absolute Gasteiger partial charge is 0.123 e. The van der Waals surface area contributed by atoms with Crippen molar-refractivity contribution in [3.8, 4) is 0 Å². The van der Waals surface area contributed by atoms with Crippen LogP contribution in [0.3, 0.4) is 0 Å². The van der Waals surface area contributed by atoms with E-state index in [2.05, 4.69) is 5.32 Å². The molecule has 0 aliphatic heterocycles. The number of halogens is 2. The number of hydrogen-bond acceptors (Lipinski definition) is 1. The fraction of sp³-hybridized carbons (Fsp3) is 0.333. The highest BCUT2D eigenvalue weighted by Crippen LogP contribution is 2.26. The summed E-state index contributed by atoms with van der Waals surface area (Å²) in [5.41, 5.74) is 3.89. The number of aryl methyl sites for hydroxylation is 2. The van der Waals surface area contributed by atoms with Crippen LogP contribution in [0.5, 0.6) is 0 Å². The van der Waals surface area contributed by atoms with Gasteiger partial charge in [-0.15, -0.1) is 0 Å². The van der Waals surface area contributed by atoms with Gasteiger partial charge >= 0.3 is 0 Å². The van der Waals surface area contributed by atoms with Crippen molar-refractivity contribution >= 4 is 0 Å². The first-order chi connectivity index (χ1) is 10.0. The molecule has 0 aromatic heterocycles. The van der Waals surface area contributed by atoms with Gasteiger partial charge in [0, 0.05) is 6.04 Å². The summed E-state index contributed by atoms with van der Waals surface area (Å²) in [5.74, 6) is -0.440. The van der Waals surface area contributed by atoms with E-state index in [1.165, 1.54) is 6.07 Å². The van der Waals surface area contributed by atoms with E-state index in [4.69, 9.17) is 0 Å². The van der Waals surface area contributed by atoms with Crippen LogP contribution in [-0.2, 0) is 6.42 Å². The highest BCUT2D eigenvalue weighted by atomic mass is 19.1. The molecule has 0 aliphatic carbocycles. The topological polar surface area (TPSA) is 12.0 Å². The van der Waals surface area contributed by atoms with Crippen molar-refractivity contribution in [2.75, 3.05) is 6.54 Å². The number of likely N-dealkylation sites (N-methyl/N-ethyl adjacent to an activating group) is 1. The maximum absolute atomic E-state index is 13.5. The Balaban J connectivity index is 2.35. The Kier molecular flexibility index (Phi) is 5.07. The van der Waals surface area contributed by atoms with Gasteiger partial charge < -0.3 is 5.32 Å². The van der Waals surface area contributed by atoms with Gasteiger partial charge in [0.05, 0.1) is 0 Å². The summed E-state index contributed by atoms with van der Waals surface area (Å²) in [7, 11) is 0. The van der Waals surface area contributed by atoms with Crippen LogP contribution in [0.1, 0.15) is 35.2 Å². The zero-order valence-corrected chi connectivity index (χ0v) is 12.7. The maximum Gasteiger partial charge on any atom is 0.123 e. The van der Waals surface area contributed by atoms with Gasteiger partial charge in [-0.25, -0.2) is 8.78 Å². The van der Waals surface area contributed by atoms with Crippen LogP contribution < -0.4 is 5.32 Å². The summed E-state index contributed by atoms with van der Waals surface area (Å²) in [4.78, 5) is 0. The second-order valence-electron chi connectivity index (χ2n) is 5.40. The van der Waals surface area contributed by atoms with Gasteiger partial charge in [0.25, 0.3) is 0 Å². The van der Waals surface area contributed by atoms with Crippen LogP contribution in [0.4, 0.5) is 8.78 Å². The van der Waals surface area contributed by atoms with Crippen LogP contribution >= 0.6 is 0 Å². The lowest BCUT2D eigenvalue weighted by Gasteiger charge is -2.23. The Morgan fingerprint density at radius 2 is 1.67 bits per heavy atom. The van der Waals surface area contributed by atoms with E-state index in [-0.39, 0.29) is 17.7 Å². The van der Waals surface area contributed by atoms with Gasteiger partial charge in [-0.1, -0.05) is 19.1 Å². The first-order valence-corrected chi connectivity index (χ1v) is 7.25. The number of hydrogen-bond donors (Lipinski definition) is 1. The third-order valence-electron chi connectivity index (χ3n) is 3.69. The standard InChI is InChI=1S/C18H21F2N/c1-4-21-17(11-14-6-5-7-15(19)10-14)18-12(2)8-16(20)9-13(18)3/h5-10,17,21H,4,11H2,1-3H3. The van der Waals surface area contributed by atoms with E-state index >= 15 is 0 Å². The third kappa shape index (κ3) is 3.88. The lowest BCUT2D eigenvalue weighted by atomic mass is 9.91. The lowest BCUT2D eigenvalue weighted by molar-refractivity contribution is 0.539. The fourth-order valence-electron chi connectivity index (χ4n) is 2.89. The van der Waals surface area contributed by atoms with Crippen molar-refractivity contribution in [3.05, 3.63) is 70.3 Å². The van der Waals surface area contributed by atoms with E-state index in [1.807, 2.05) is 26.8 Å². The van der Waals surface area contributed by atoms with E-state index in [0.717, 1.165) is 28.8 Å². The second-order valence-corrected chi connectivity index (χ2v) is 5.40. The van der Waals surface area contributed by atoms with Crippen LogP contribution in [0, 0.1) is 25.5 Å². The summed E-state index contributed by atoms with van der Waals surface area (Å²) >= 11 is 0. The molecule has 0 aliphatic rings. The van der Waals surface area contributed by atoms with E-state index in [9.17, 15) is 8.78 Å². The minimum Gasteiger partial charge on any atom is -0.310 e. The first kappa shape index (κ1) is 15.6. The van der Waals surface area contributed by atoms with E-state index in [0.29, 0.717) is 6.42 Å². The molecule has 0 spiro atoms. The Morgan fingerprint density at radius 1 is 1.00 bits per heavy atom. The van der Waals surface area contributed by atoms with Crippen molar-refractivity contribution in [1.82, 2.24) is 5.32 Å². The highest BCUT2D eigenvalue weighted by Gasteiger charge is 2.17. The van der Waals surface area contributed by atoms with Crippen molar-refractivity contribution < 1.29 is 8.78 Å². The molecule has 1 atom stereocenters. The minimum absolute atomic E-state index is 0.0531. The summed E-state index contributed by atoms with van der Waals surface area (Å²) in [5, 5.41) is 3.42. The summed E-state index contributed by atoms with van der Waals surface area (Å²) in [6, 6.07) is 9.80. The maximum atomic E-state index is 13.5. The molecular formula is C18H21F2N. The Labute approximate surface area is 125 Å². The van der Waals surface area contributed by atoms with Crippen LogP contribution in [0.15, 0.2) is 36.4 Å². The summed E-state index contributed by atoms with van der Waals surface area (Å²) in [6.07, 6.45) is 0.679. The molecule has 1 N–H and O–H groups in total. The first-order valence-electron chi connectivity index (χ1n) is 7.25. The zero-order chi connectivity index (χ0) is 15.4. The molecule has 0 fully saturated rings. The molecule has 2 aromatic rings. The molecule has 2 aromatic carbocycles. The van der Waals surface area contributed by atoms with Crippen molar-refractivity contribution in [2.45, 2.75) is 33.2 Å². The average molecular weight is 289 g/mol. The van der Waals surface area contributed by atoms with E-state index < -0.39 is 0 Å². The molecule has 0 radical (unpaired) electrons. The molecule has 0 saturated heterocycles. The Bertz CT molecular complexity index is 599. The molecule has 21 heavy (non-hydrogen) atoms. The molecule has 0 bridgehead atoms. The fourth-order valence-corrected chi connectivity index (χ4v) is 2.89. The number of rotatable bonds is 5. The summed E-state index contributed by atoms with van der Waals surface area (Å²) in [6.45, 7) is 6.67. The predicted octanol–water partition coefficient (Wildman–Crippen LogP) is 4.47. The highest BCUT2D eigenvalue weighted by molar-refractivity contribution is 5.38. The third-order valence-corrected chi connectivity index (χ3v) is 3.69. The zero-order valence-electron chi connectivity index (χ0n) is 12.7. The summed E-state index contributed by atoms with van der Waals surface area (Å²) < 4.78 is 26.8. The van der Waals surface area contributed by atoms with Crippen molar-refractivity contribution in [2.24, 2.45) is 0 Å². The lowest BCUT2D eigenvalue weighted by Crippen LogP contribution is -2.24. The minimum atomic E-state index is -0.227. The molecule has 1 unspecified atom stereocenters. The largest absolute Gasteiger partial charge is 0.310 e. The molecule has 3 heteroatoms. The van der Waals surface area contributed by atoms with Gasteiger partial charge in [0.1, 0.15) is 11.6 Å². The molecular weight excluding hydrogens is 268 g/mol. The predicted molar refractivity (Wildman–Crippen MR) is 82.4 cm³/mol. The molecule has 0 amide bonds. The quantitative estimate of drug-likeness (QED) is 0.856. The number of benzene rings is 2. The Hall–Kier alpha value is -1.74. The SMILES string of the molecule is CCNC(Cc1cccc(F)c1)c1c(C)cc(F)cc1C. The van der Waals surface area contributed by atoms with Gasteiger partial charge in [-0.2, -0.15) is 0 Å². The van der Waals surface area contributed by atoms with Gasteiger partial charge in [0.15, 0.2) is 0 Å². The molecule has 0 saturated carbocycles. The molecule has 1 nitrogen and oxygen atoms in total. The molecule has 112 valence electrons. The normalized spacial score (nSPS) is 12.4. The van der Waals surface area contributed by atoms with Gasteiger partial charge in [-0.3, -0.25) is 0 Å². The van der Waals surface area contributed by atoms with Crippen LogP contribution in [0.2, 0.25) is 0 Å². The average Bonchev–Trinajstić information content (AvgIpc) is 2.37.